The van der Waals surface area contributed by atoms with E-state index in [1.165, 1.54) is 35.2 Å². The molecule has 2 heterocycles. The highest BCUT2D eigenvalue weighted by atomic mass is 16.5. The first-order valence-electron chi connectivity index (χ1n) is 12.0. The second-order valence-electron chi connectivity index (χ2n) is 10.7. The number of hydrogen-bond donors (Lipinski definition) is 1. The Balaban J connectivity index is 1.49. The Kier molecular flexibility index (Phi) is 5.38. The van der Waals surface area contributed by atoms with Crippen molar-refractivity contribution >= 4 is 0 Å². The molecule has 5 nitrogen and oxygen atoms in total. The van der Waals surface area contributed by atoms with E-state index < -0.39 is 0 Å². The van der Waals surface area contributed by atoms with Crippen molar-refractivity contribution in [2.75, 3.05) is 0 Å². The lowest BCUT2D eigenvalue weighted by atomic mass is 9.72. The molecule has 33 heavy (non-hydrogen) atoms. The lowest BCUT2D eigenvalue weighted by Crippen LogP contribution is -2.24. The fraction of sp³-hybridized carbons (Fsp3) is 0.464. The quantitative estimate of drug-likeness (QED) is 0.424. The standard InChI is InChI=1S/C28H33N3O2/c1-16-12-20(13-17(2)21(16)9-6-18(3)32)26-30-27(33-31-26)24-15-29-25(19-7-8-19)23-14-28(4,5)11-10-22(23)24/h12-13,15,19,32H,3,6-11,14H2,1-2,4-5H3. The third kappa shape index (κ3) is 4.33. The van der Waals surface area contributed by atoms with Gasteiger partial charge in [-0.25, -0.2) is 0 Å². The smallest absolute Gasteiger partial charge is 0.260 e. The zero-order valence-electron chi connectivity index (χ0n) is 20.2. The maximum atomic E-state index is 9.47. The van der Waals surface area contributed by atoms with Crippen LogP contribution in [0.4, 0.5) is 0 Å². The summed E-state index contributed by atoms with van der Waals surface area (Å²) < 4.78 is 5.78. The van der Waals surface area contributed by atoms with Crippen molar-refractivity contribution in [3.8, 4) is 22.8 Å². The van der Waals surface area contributed by atoms with Crippen LogP contribution in [0.5, 0.6) is 0 Å². The highest BCUT2D eigenvalue weighted by molar-refractivity contribution is 5.66. The Morgan fingerprint density at radius 2 is 1.91 bits per heavy atom. The number of hydrogen-bond acceptors (Lipinski definition) is 5. The van der Waals surface area contributed by atoms with E-state index in [0.717, 1.165) is 47.9 Å². The summed E-state index contributed by atoms with van der Waals surface area (Å²) in [5.74, 6) is 2.01. The minimum Gasteiger partial charge on any atom is -0.513 e. The molecule has 1 saturated carbocycles. The fourth-order valence-corrected chi connectivity index (χ4v) is 5.25. The summed E-state index contributed by atoms with van der Waals surface area (Å²) in [5.41, 5.74) is 9.87. The molecule has 0 bridgehead atoms. The van der Waals surface area contributed by atoms with Gasteiger partial charge in [0.1, 0.15) is 0 Å². The van der Waals surface area contributed by atoms with Crippen LogP contribution in [0.1, 0.15) is 79.0 Å². The summed E-state index contributed by atoms with van der Waals surface area (Å²) in [6, 6.07) is 4.20. The molecule has 0 spiro atoms. The number of allylic oxidation sites excluding steroid dienone is 1. The lowest BCUT2D eigenvalue weighted by Gasteiger charge is -2.33. The molecule has 5 heteroatoms. The Bertz CT molecular complexity index is 1210. The van der Waals surface area contributed by atoms with Gasteiger partial charge in [0, 0.05) is 29.8 Å². The lowest BCUT2D eigenvalue weighted by molar-refractivity contribution is 0.313. The topological polar surface area (TPSA) is 72.0 Å². The van der Waals surface area contributed by atoms with Gasteiger partial charge in [0.25, 0.3) is 5.89 Å². The zero-order chi connectivity index (χ0) is 23.3. The highest BCUT2D eigenvalue weighted by Gasteiger charge is 2.35. The largest absolute Gasteiger partial charge is 0.513 e. The highest BCUT2D eigenvalue weighted by Crippen LogP contribution is 2.47. The molecule has 0 atom stereocenters. The second kappa shape index (κ2) is 8.12. The van der Waals surface area contributed by atoms with E-state index in [0.29, 0.717) is 29.5 Å². The predicted molar refractivity (Wildman–Crippen MR) is 130 cm³/mol. The molecule has 5 rings (SSSR count). The van der Waals surface area contributed by atoms with E-state index in [4.69, 9.17) is 14.5 Å². The van der Waals surface area contributed by atoms with E-state index in [2.05, 4.69) is 51.6 Å². The number of aliphatic hydroxyl groups is 1. The number of aromatic nitrogens is 3. The Hall–Kier alpha value is -2.95. The third-order valence-corrected chi connectivity index (χ3v) is 7.28. The van der Waals surface area contributed by atoms with Crippen LogP contribution < -0.4 is 0 Å². The van der Waals surface area contributed by atoms with Crippen LogP contribution >= 0.6 is 0 Å². The molecule has 0 aliphatic heterocycles. The molecule has 2 aliphatic carbocycles. The molecule has 3 aromatic rings. The SMILES string of the molecule is C=C(O)CCc1c(C)cc(-c2noc(-c3cnc(C4CC4)c4c3CCC(C)(C)C4)n2)cc1C. The van der Waals surface area contributed by atoms with Gasteiger partial charge in [-0.05, 0) is 97.7 Å². The molecule has 1 N–H and O–H groups in total. The van der Waals surface area contributed by atoms with Crippen molar-refractivity contribution in [1.82, 2.24) is 15.1 Å². The van der Waals surface area contributed by atoms with E-state index in [9.17, 15) is 5.11 Å². The van der Waals surface area contributed by atoms with Crippen LogP contribution in [-0.2, 0) is 19.3 Å². The van der Waals surface area contributed by atoms with Crippen LogP contribution in [0.25, 0.3) is 22.8 Å². The van der Waals surface area contributed by atoms with E-state index >= 15 is 0 Å². The molecule has 1 fully saturated rings. The second-order valence-corrected chi connectivity index (χ2v) is 10.7. The fourth-order valence-electron chi connectivity index (χ4n) is 5.25. The number of rotatable bonds is 6. The van der Waals surface area contributed by atoms with Gasteiger partial charge >= 0.3 is 0 Å². The maximum absolute atomic E-state index is 9.47. The number of fused-ring (bicyclic) bond motifs is 1. The van der Waals surface area contributed by atoms with Gasteiger partial charge in [0.2, 0.25) is 5.82 Å². The maximum Gasteiger partial charge on any atom is 0.260 e. The summed E-state index contributed by atoms with van der Waals surface area (Å²) in [6.45, 7) is 12.5. The molecular weight excluding hydrogens is 410 g/mol. The number of benzene rings is 1. The molecule has 0 amide bonds. The van der Waals surface area contributed by atoms with E-state index in [1.807, 2.05) is 6.20 Å². The van der Waals surface area contributed by atoms with Crippen molar-refractivity contribution in [3.63, 3.8) is 0 Å². The molecule has 2 aliphatic rings. The van der Waals surface area contributed by atoms with Crippen molar-refractivity contribution in [3.05, 3.63) is 64.2 Å². The first-order chi connectivity index (χ1) is 15.7. The molecule has 0 radical (unpaired) electrons. The van der Waals surface area contributed by atoms with Crippen LogP contribution in [0.15, 0.2) is 35.2 Å². The summed E-state index contributed by atoms with van der Waals surface area (Å²) >= 11 is 0. The molecule has 172 valence electrons. The first kappa shape index (κ1) is 21.9. The molecule has 2 aromatic heterocycles. The average Bonchev–Trinajstić information content (AvgIpc) is 3.47. The minimum absolute atomic E-state index is 0.216. The summed E-state index contributed by atoms with van der Waals surface area (Å²) in [7, 11) is 0. The Morgan fingerprint density at radius 3 is 2.58 bits per heavy atom. The number of nitrogens with zero attached hydrogens (tertiary/aromatic N) is 3. The number of pyridine rings is 1. The summed E-state index contributed by atoms with van der Waals surface area (Å²) in [4.78, 5) is 9.70. The van der Waals surface area contributed by atoms with Crippen LogP contribution in [-0.4, -0.2) is 20.2 Å². The normalized spacial score (nSPS) is 17.1. The van der Waals surface area contributed by atoms with Crippen molar-refractivity contribution in [2.24, 2.45) is 5.41 Å². The van der Waals surface area contributed by atoms with Crippen molar-refractivity contribution in [1.29, 1.82) is 0 Å². The molecule has 1 aromatic carbocycles. The van der Waals surface area contributed by atoms with Gasteiger partial charge in [-0.15, -0.1) is 0 Å². The van der Waals surface area contributed by atoms with Crippen LogP contribution in [0.3, 0.4) is 0 Å². The molecule has 0 saturated heterocycles. The monoisotopic (exact) mass is 443 g/mol. The van der Waals surface area contributed by atoms with Gasteiger partial charge < -0.3 is 9.63 Å². The predicted octanol–water partition coefficient (Wildman–Crippen LogP) is 6.81. The summed E-state index contributed by atoms with van der Waals surface area (Å²) in [6.07, 6.45) is 9.06. The number of aryl methyl sites for hydroxylation is 2. The molecule has 0 unspecified atom stereocenters. The van der Waals surface area contributed by atoms with Crippen LogP contribution in [0, 0.1) is 19.3 Å². The van der Waals surface area contributed by atoms with E-state index in [-0.39, 0.29) is 5.76 Å². The molecular formula is C28H33N3O2. The van der Waals surface area contributed by atoms with Gasteiger partial charge in [-0.3, -0.25) is 4.98 Å². The van der Waals surface area contributed by atoms with Gasteiger partial charge in [0.15, 0.2) is 0 Å². The van der Waals surface area contributed by atoms with E-state index in [1.54, 1.807) is 0 Å². The van der Waals surface area contributed by atoms with Crippen molar-refractivity contribution in [2.45, 2.75) is 78.6 Å². The Labute approximate surface area is 196 Å². The average molecular weight is 444 g/mol. The number of aliphatic hydroxyl groups excluding tert-OH is 1. The van der Waals surface area contributed by atoms with Crippen LogP contribution in [0.2, 0.25) is 0 Å². The van der Waals surface area contributed by atoms with Gasteiger partial charge in [-0.2, -0.15) is 4.98 Å². The minimum atomic E-state index is 0.216. The third-order valence-electron chi connectivity index (χ3n) is 7.28. The summed E-state index contributed by atoms with van der Waals surface area (Å²) in [5, 5.41) is 13.8. The zero-order valence-corrected chi connectivity index (χ0v) is 20.2. The van der Waals surface area contributed by atoms with Gasteiger partial charge in [-0.1, -0.05) is 25.6 Å². The first-order valence-corrected chi connectivity index (χ1v) is 12.0. The Morgan fingerprint density at radius 1 is 1.18 bits per heavy atom. The van der Waals surface area contributed by atoms with Crippen molar-refractivity contribution < 1.29 is 9.63 Å². The van der Waals surface area contributed by atoms with Gasteiger partial charge in [0.05, 0.1) is 11.3 Å².